The number of hydrogen-bond acceptors (Lipinski definition) is 8. The first kappa shape index (κ1) is 29.2. The number of hydrogen-bond donors (Lipinski definition) is 0. The first-order chi connectivity index (χ1) is 19.3. The molecular formula is C28H35ClN4O5S2. The lowest BCUT2D eigenvalue weighted by molar-refractivity contribution is -0.123. The molecule has 3 heterocycles. The van der Waals surface area contributed by atoms with Crippen molar-refractivity contribution in [3.05, 3.63) is 47.5 Å². The number of carbonyl (C=O) groups is 1. The van der Waals surface area contributed by atoms with E-state index in [9.17, 15) is 13.2 Å². The van der Waals surface area contributed by atoms with Crippen molar-refractivity contribution in [2.75, 3.05) is 64.0 Å². The van der Waals surface area contributed by atoms with E-state index in [-0.39, 0.29) is 16.7 Å². The number of ether oxygens (including phenoxy) is 2. The summed E-state index contributed by atoms with van der Waals surface area (Å²) < 4.78 is 39.9. The maximum atomic E-state index is 13.9. The number of benzene rings is 2. The van der Waals surface area contributed by atoms with E-state index in [0.29, 0.717) is 49.2 Å². The van der Waals surface area contributed by atoms with Gasteiger partial charge in [-0.1, -0.05) is 22.9 Å². The van der Waals surface area contributed by atoms with Crippen molar-refractivity contribution in [3.63, 3.8) is 0 Å². The number of halogens is 1. The quantitative estimate of drug-likeness (QED) is 0.335. The maximum Gasteiger partial charge on any atom is 0.243 e. The third kappa shape index (κ3) is 6.78. The van der Waals surface area contributed by atoms with E-state index in [1.807, 2.05) is 30.0 Å². The smallest absolute Gasteiger partial charge is 0.243 e. The molecule has 0 saturated carbocycles. The summed E-state index contributed by atoms with van der Waals surface area (Å²) in [5.41, 5.74) is 0.832. The number of sulfonamides is 1. The molecule has 0 aliphatic carbocycles. The van der Waals surface area contributed by atoms with Crippen molar-refractivity contribution in [3.8, 4) is 5.75 Å². The first-order valence-electron chi connectivity index (χ1n) is 13.8. The molecule has 1 aromatic heterocycles. The van der Waals surface area contributed by atoms with Gasteiger partial charge in [0.05, 0.1) is 34.9 Å². The normalized spacial score (nSPS) is 17.8. The second-order valence-corrected chi connectivity index (χ2v) is 13.4. The van der Waals surface area contributed by atoms with E-state index >= 15 is 0 Å². The molecule has 0 unspecified atom stereocenters. The Bertz CT molecular complexity index is 1400. The molecule has 2 fully saturated rings. The molecule has 0 spiro atoms. The van der Waals surface area contributed by atoms with Gasteiger partial charge in [-0.25, -0.2) is 13.4 Å². The van der Waals surface area contributed by atoms with Gasteiger partial charge in [-0.15, -0.1) is 0 Å². The summed E-state index contributed by atoms with van der Waals surface area (Å²) in [5.74, 6) is 0.519. The third-order valence-corrected chi connectivity index (χ3v) is 10.6. The second kappa shape index (κ2) is 13.1. The van der Waals surface area contributed by atoms with Crippen LogP contribution in [0.3, 0.4) is 0 Å². The minimum absolute atomic E-state index is 0.00889. The van der Waals surface area contributed by atoms with Crippen LogP contribution in [0.25, 0.3) is 10.2 Å². The highest BCUT2D eigenvalue weighted by molar-refractivity contribution is 7.89. The van der Waals surface area contributed by atoms with Crippen LogP contribution >= 0.6 is 22.9 Å². The molecule has 216 valence electrons. The van der Waals surface area contributed by atoms with Gasteiger partial charge in [-0.05, 0) is 68.7 Å². The molecule has 0 N–H and O–H groups in total. The average molecular weight is 607 g/mol. The molecule has 40 heavy (non-hydrogen) atoms. The monoisotopic (exact) mass is 606 g/mol. The Morgan fingerprint density at radius 2 is 1.85 bits per heavy atom. The number of fused-ring (bicyclic) bond motifs is 1. The first-order valence-corrected chi connectivity index (χ1v) is 16.4. The zero-order valence-electron chi connectivity index (χ0n) is 22.6. The number of rotatable bonds is 10. The van der Waals surface area contributed by atoms with E-state index in [0.717, 1.165) is 55.2 Å². The fraction of sp³-hybridized carbons (Fsp3) is 0.500. The largest absolute Gasteiger partial charge is 0.494 e. The fourth-order valence-electron chi connectivity index (χ4n) is 5.16. The van der Waals surface area contributed by atoms with Gasteiger partial charge in [0.25, 0.3) is 0 Å². The lowest BCUT2D eigenvalue weighted by Crippen LogP contribution is -2.45. The average Bonchev–Trinajstić information content (AvgIpc) is 3.39. The zero-order valence-corrected chi connectivity index (χ0v) is 25.0. The Balaban J connectivity index is 1.30. The fourth-order valence-corrected chi connectivity index (χ4v) is 7.78. The van der Waals surface area contributed by atoms with Crippen LogP contribution in [0.1, 0.15) is 26.2 Å². The van der Waals surface area contributed by atoms with Gasteiger partial charge in [-0.2, -0.15) is 4.31 Å². The Morgan fingerprint density at radius 3 is 2.55 bits per heavy atom. The highest BCUT2D eigenvalue weighted by Crippen LogP contribution is 2.34. The number of carbonyl (C=O) groups excluding carboxylic acids is 1. The summed E-state index contributed by atoms with van der Waals surface area (Å²) in [6, 6.07) is 12.0. The number of anilines is 1. The highest BCUT2D eigenvalue weighted by atomic mass is 35.5. The van der Waals surface area contributed by atoms with Crippen LogP contribution in [0.2, 0.25) is 5.02 Å². The van der Waals surface area contributed by atoms with Crippen LogP contribution in [0.15, 0.2) is 47.4 Å². The van der Waals surface area contributed by atoms with Crippen LogP contribution in [-0.4, -0.2) is 87.6 Å². The second-order valence-electron chi connectivity index (χ2n) is 9.99. The summed E-state index contributed by atoms with van der Waals surface area (Å²) in [6.07, 6.45) is 1.74. The van der Waals surface area contributed by atoms with Crippen molar-refractivity contribution in [2.45, 2.75) is 31.1 Å². The number of amides is 1. The Labute approximate surface area is 244 Å². The van der Waals surface area contributed by atoms with E-state index in [4.69, 9.17) is 26.1 Å². The summed E-state index contributed by atoms with van der Waals surface area (Å²) >= 11 is 7.43. The number of morpholine rings is 1. The molecule has 2 aromatic carbocycles. The van der Waals surface area contributed by atoms with Crippen LogP contribution < -0.4 is 9.64 Å². The lowest BCUT2D eigenvalue weighted by Gasteiger charge is -2.33. The van der Waals surface area contributed by atoms with Crippen molar-refractivity contribution >= 4 is 54.2 Å². The maximum absolute atomic E-state index is 13.9. The third-order valence-electron chi connectivity index (χ3n) is 7.37. The topological polar surface area (TPSA) is 92.3 Å². The van der Waals surface area contributed by atoms with Gasteiger partial charge in [0.15, 0.2) is 5.13 Å². The Hall–Kier alpha value is -2.28. The minimum Gasteiger partial charge on any atom is -0.494 e. The van der Waals surface area contributed by atoms with E-state index in [2.05, 4.69) is 4.90 Å². The predicted octanol–water partition coefficient (Wildman–Crippen LogP) is 4.50. The Kier molecular flexibility index (Phi) is 9.60. The molecule has 9 nitrogen and oxygen atoms in total. The number of nitrogens with zero attached hydrogens (tertiary/aromatic N) is 4. The molecule has 2 aliphatic heterocycles. The van der Waals surface area contributed by atoms with Crippen molar-refractivity contribution < 1.29 is 22.7 Å². The molecule has 3 aromatic rings. The van der Waals surface area contributed by atoms with Gasteiger partial charge in [-0.3, -0.25) is 14.6 Å². The number of piperidine rings is 1. The van der Waals surface area contributed by atoms with Crippen molar-refractivity contribution in [2.24, 2.45) is 5.92 Å². The summed E-state index contributed by atoms with van der Waals surface area (Å²) in [4.78, 5) is 23.2. The van der Waals surface area contributed by atoms with Crippen LogP contribution in [0.5, 0.6) is 5.75 Å². The van der Waals surface area contributed by atoms with E-state index in [1.165, 1.54) is 27.8 Å². The van der Waals surface area contributed by atoms with Gasteiger partial charge in [0, 0.05) is 50.2 Å². The van der Waals surface area contributed by atoms with Crippen LogP contribution in [0.4, 0.5) is 5.13 Å². The molecule has 2 saturated heterocycles. The van der Waals surface area contributed by atoms with E-state index < -0.39 is 10.0 Å². The summed E-state index contributed by atoms with van der Waals surface area (Å²) in [6.45, 7) is 7.81. The van der Waals surface area contributed by atoms with Gasteiger partial charge in [0.2, 0.25) is 15.9 Å². The molecule has 0 atom stereocenters. The molecule has 2 aliphatic rings. The van der Waals surface area contributed by atoms with E-state index in [1.54, 1.807) is 12.1 Å². The molecular weight excluding hydrogens is 572 g/mol. The standard InChI is InChI=1S/C28H35ClN4O5S2/c1-2-38-23-6-9-25-26(20-23)39-28(30-25)33(13-3-12-31-16-18-37-19-17-31)27(34)21-10-14-32(15-11-21)40(35,36)24-7-4-22(29)5-8-24/h4-9,20-21H,2-3,10-19H2,1H3. The molecule has 1 amide bonds. The Morgan fingerprint density at radius 1 is 1.12 bits per heavy atom. The minimum atomic E-state index is -3.64. The van der Waals surface area contributed by atoms with Crippen molar-refractivity contribution in [1.82, 2.24) is 14.2 Å². The molecule has 5 rings (SSSR count). The highest BCUT2D eigenvalue weighted by Gasteiger charge is 2.35. The lowest BCUT2D eigenvalue weighted by atomic mass is 9.96. The van der Waals surface area contributed by atoms with Gasteiger partial charge < -0.3 is 9.47 Å². The summed E-state index contributed by atoms with van der Waals surface area (Å²) in [5, 5.41) is 1.16. The van der Waals surface area contributed by atoms with Crippen molar-refractivity contribution in [1.29, 1.82) is 0 Å². The van der Waals surface area contributed by atoms with Crippen LogP contribution in [0, 0.1) is 5.92 Å². The number of aromatic nitrogens is 1. The van der Waals surface area contributed by atoms with Crippen LogP contribution in [-0.2, 0) is 19.6 Å². The number of thiazole rings is 1. The molecule has 12 heteroatoms. The SMILES string of the molecule is CCOc1ccc2nc(N(CCCN3CCOCC3)C(=O)C3CCN(S(=O)(=O)c4ccc(Cl)cc4)CC3)sc2c1. The predicted molar refractivity (Wildman–Crippen MR) is 158 cm³/mol. The molecule has 0 bridgehead atoms. The van der Waals surface area contributed by atoms with Gasteiger partial charge in [0.1, 0.15) is 5.75 Å². The zero-order chi connectivity index (χ0) is 28.1. The van der Waals surface area contributed by atoms with Gasteiger partial charge >= 0.3 is 0 Å². The molecule has 0 radical (unpaired) electrons. The summed E-state index contributed by atoms with van der Waals surface area (Å²) in [7, 11) is -3.64.